The van der Waals surface area contributed by atoms with Gasteiger partial charge >= 0.3 is 0 Å². The lowest BCUT2D eigenvalue weighted by atomic mass is 9.93. The first kappa shape index (κ1) is 18.7. The minimum Gasteiger partial charge on any atom is -0.503 e. The Hall–Kier alpha value is -3.67. The summed E-state index contributed by atoms with van der Waals surface area (Å²) in [6.45, 7) is 0.285. The van der Waals surface area contributed by atoms with Gasteiger partial charge in [-0.1, -0.05) is 24.3 Å². The molecule has 1 amide bonds. The first-order chi connectivity index (χ1) is 14.1. The number of hydrogen-bond acceptors (Lipinski definition) is 4. The van der Waals surface area contributed by atoms with Crippen LogP contribution in [0.5, 0.6) is 5.75 Å². The summed E-state index contributed by atoms with van der Waals surface area (Å²) in [5.41, 5.74) is 2.77. The molecule has 0 bridgehead atoms. The number of carbonyl (C=O) groups is 1. The lowest BCUT2D eigenvalue weighted by Crippen LogP contribution is -2.29. The molecular weight excluding hydrogens is 371 g/mol. The van der Waals surface area contributed by atoms with Crippen LogP contribution in [0.15, 0.2) is 78.8 Å². The molecule has 1 unspecified atom stereocenters. The number of nitrogens with zero attached hydrogens (tertiary/aromatic N) is 2. The van der Waals surface area contributed by atoms with Gasteiger partial charge in [-0.15, -0.1) is 0 Å². The number of aliphatic hydroxyl groups is 1. The predicted molar refractivity (Wildman–Crippen MR) is 106 cm³/mol. The fraction of sp³-hybridized carbons (Fsp3) is 0.130. The lowest BCUT2D eigenvalue weighted by Gasteiger charge is -2.27. The Balaban J connectivity index is 1.80. The number of pyridine rings is 1. The van der Waals surface area contributed by atoms with E-state index in [1.165, 1.54) is 12.1 Å². The zero-order chi connectivity index (χ0) is 20.4. The number of amides is 1. The van der Waals surface area contributed by atoms with Crippen LogP contribution in [0.25, 0.3) is 5.57 Å². The first-order valence-corrected chi connectivity index (χ1v) is 9.11. The summed E-state index contributed by atoms with van der Waals surface area (Å²) in [4.78, 5) is 18.6. The van der Waals surface area contributed by atoms with E-state index < -0.39 is 11.9 Å². The molecule has 29 heavy (non-hydrogen) atoms. The summed E-state index contributed by atoms with van der Waals surface area (Å²) in [5, 5.41) is 10.7. The average Bonchev–Trinajstić information content (AvgIpc) is 3.00. The van der Waals surface area contributed by atoms with Crippen LogP contribution in [-0.4, -0.2) is 28.0 Å². The Bertz CT molecular complexity index is 1050. The molecule has 0 spiro atoms. The summed E-state index contributed by atoms with van der Waals surface area (Å²) in [6, 6.07) is 16.2. The second kappa shape index (κ2) is 7.75. The van der Waals surface area contributed by atoms with E-state index in [0.717, 1.165) is 5.56 Å². The van der Waals surface area contributed by atoms with Gasteiger partial charge in [-0.3, -0.25) is 9.78 Å². The third kappa shape index (κ3) is 3.57. The van der Waals surface area contributed by atoms with E-state index in [0.29, 0.717) is 22.4 Å². The fourth-order valence-corrected chi connectivity index (χ4v) is 3.56. The van der Waals surface area contributed by atoms with E-state index in [4.69, 9.17) is 4.74 Å². The molecule has 6 heteroatoms. The summed E-state index contributed by atoms with van der Waals surface area (Å²) in [6.07, 6.45) is 3.31. The van der Waals surface area contributed by atoms with Gasteiger partial charge in [0, 0.05) is 24.5 Å². The zero-order valence-corrected chi connectivity index (χ0v) is 15.7. The molecule has 1 aromatic heterocycles. The molecule has 0 saturated carbocycles. The largest absolute Gasteiger partial charge is 0.503 e. The van der Waals surface area contributed by atoms with E-state index >= 15 is 0 Å². The molecule has 0 radical (unpaired) electrons. The molecule has 2 heterocycles. The lowest BCUT2D eigenvalue weighted by molar-refractivity contribution is -0.130. The van der Waals surface area contributed by atoms with Gasteiger partial charge in [0.15, 0.2) is 5.76 Å². The fourth-order valence-electron chi connectivity index (χ4n) is 3.56. The van der Waals surface area contributed by atoms with E-state index in [1.54, 1.807) is 60.8 Å². The molecule has 1 aliphatic heterocycles. The third-order valence-electron chi connectivity index (χ3n) is 4.99. The van der Waals surface area contributed by atoms with Crippen molar-refractivity contribution in [3.8, 4) is 5.75 Å². The van der Waals surface area contributed by atoms with Gasteiger partial charge in [0.25, 0.3) is 5.91 Å². The minimum absolute atomic E-state index is 0.285. The van der Waals surface area contributed by atoms with E-state index in [2.05, 4.69) is 4.98 Å². The molecule has 1 N–H and O–H groups in total. The normalized spacial score (nSPS) is 16.4. The van der Waals surface area contributed by atoms with Crippen LogP contribution in [0.2, 0.25) is 0 Å². The van der Waals surface area contributed by atoms with Gasteiger partial charge in [-0.2, -0.15) is 0 Å². The molecular formula is C23H19FN2O3. The second-order valence-electron chi connectivity index (χ2n) is 6.73. The molecule has 1 aliphatic rings. The van der Waals surface area contributed by atoms with Crippen molar-refractivity contribution >= 4 is 11.5 Å². The monoisotopic (exact) mass is 390 g/mol. The molecule has 5 nitrogen and oxygen atoms in total. The van der Waals surface area contributed by atoms with Gasteiger partial charge < -0.3 is 14.7 Å². The van der Waals surface area contributed by atoms with Crippen LogP contribution in [0.4, 0.5) is 4.39 Å². The maximum atomic E-state index is 13.5. The van der Waals surface area contributed by atoms with Crippen molar-refractivity contribution in [2.24, 2.45) is 0 Å². The molecule has 4 rings (SSSR count). The third-order valence-corrected chi connectivity index (χ3v) is 4.99. The first-order valence-electron chi connectivity index (χ1n) is 9.11. The van der Waals surface area contributed by atoms with Crippen molar-refractivity contribution in [2.75, 3.05) is 7.11 Å². The predicted octanol–water partition coefficient (Wildman–Crippen LogP) is 4.28. The maximum absolute atomic E-state index is 13.5. The van der Waals surface area contributed by atoms with Gasteiger partial charge in [0.1, 0.15) is 11.6 Å². The quantitative estimate of drug-likeness (QED) is 0.706. The SMILES string of the molecule is COc1ccc(C2=C(O)C(=O)N(Cc3ccncc3)C2c2ccc(F)cc2)cc1. The van der Waals surface area contributed by atoms with Crippen LogP contribution in [-0.2, 0) is 11.3 Å². The van der Waals surface area contributed by atoms with Crippen LogP contribution in [0.1, 0.15) is 22.7 Å². The number of carbonyl (C=O) groups excluding carboxylic acids is 1. The molecule has 0 aliphatic carbocycles. The molecule has 0 fully saturated rings. The summed E-state index contributed by atoms with van der Waals surface area (Å²) in [7, 11) is 1.57. The molecule has 0 saturated heterocycles. The summed E-state index contributed by atoms with van der Waals surface area (Å²) >= 11 is 0. The number of aromatic nitrogens is 1. The average molecular weight is 390 g/mol. The molecule has 2 aromatic carbocycles. The van der Waals surface area contributed by atoms with Crippen molar-refractivity contribution in [1.82, 2.24) is 9.88 Å². The van der Waals surface area contributed by atoms with Crippen LogP contribution < -0.4 is 4.74 Å². The van der Waals surface area contributed by atoms with Crippen LogP contribution in [0, 0.1) is 5.82 Å². The second-order valence-corrected chi connectivity index (χ2v) is 6.73. The number of rotatable bonds is 5. The zero-order valence-electron chi connectivity index (χ0n) is 15.7. The van der Waals surface area contributed by atoms with E-state index in [9.17, 15) is 14.3 Å². The number of aliphatic hydroxyl groups excluding tert-OH is 1. The Morgan fingerprint density at radius 2 is 1.69 bits per heavy atom. The van der Waals surface area contributed by atoms with Crippen LogP contribution >= 0.6 is 0 Å². The number of benzene rings is 2. The Morgan fingerprint density at radius 1 is 1.03 bits per heavy atom. The van der Waals surface area contributed by atoms with Crippen molar-refractivity contribution in [3.05, 3.63) is 101 Å². The Labute approximate surface area is 167 Å². The number of hydrogen-bond donors (Lipinski definition) is 1. The summed E-state index contributed by atoms with van der Waals surface area (Å²) < 4.78 is 18.7. The highest BCUT2D eigenvalue weighted by atomic mass is 19.1. The molecule has 146 valence electrons. The van der Waals surface area contributed by atoms with Gasteiger partial charge in [0.05, 0.1) is 13.2 Å². The highest BCUT2D eigenvalue weighted by Crippen LogP contribution is 2.44. The van der Waals surface area contributed by atoms with Gasteiger partial charge in [-0.05, 0) is 53.1 Å². The number of methoxy groups -OCH3 is 1. The standard InChI is InChI=1S/C23H19FN2O3/c1-29-19-8-4-16(5-9-19)20-21(17-2-6-18(24)7-3-17)26(23(28)22(20)27)14-15-10-12-25-13-11-15/h2-13,21,27H,14H2,1H3. The summed E-state index contributed by atoms with van der Waals surface area (Å²) in [5.74, 6) is -0.469. The Morgan fingerprint density at radius 3 is 2.31 bits per heavy atom. The smallest absolute Gasteiger partial charge is 0.290 e. The van der Waals surface area contributed by atoms with Crippen molar-refractivity contribution < 1.29 is 19.0 Å². The van der Waals surface area contributed by atoms with Crippen molar-refractivity contribution in [3.63, 3.8) is 0 Å². The van der Waals surface area contributed by atoms with E-state index in [1.807, 2.05) is 12.1 Å². The maximum Gasteiger partial charge on any atom is 0.290 e. The highest BCUT2D eigenvalue weighted by molar-refractivity contribution is 6.05. The highest BCUT2D eigenvalue weighted by Gasteiger charge is 2.41. The number of ether oxygens (including phenoxy) is 1. The minimum atomic E-state index is -0.551. The van der Waals surface area contributed by atoms with Crippen LogP contribution in [0.3, 0.4) is 0 Å². The van der Waals surface area contributed by atoms with Crippen molar-refractivity contribution in [1.29, 1.82) is 0 Å². The molecule has 3 aromatic rings. The number of halogens is 1. The van der Waals surface area contributed by atoms with E-state index in [-0.39, 0.29) is 18.1 Å². The van der Waals surface area contributed by atoms with Gasteiger partial charge in [0.2, 0.25) is 0 Å². The van der Waals surface area contributed by atoms with Crippen molar-refractivity contribution in [2.45, 2.75) is 12.6 Å². The topological polar surface area (TPSA) is 62.7 Å². The van der Waals surface area contributed by atoms with Gasteiger partial charge in [-0.25, -0.2) is 4.39 Å². The molecule has 1 atom stereocenters. The Kier molecular flexibility index (Phi) is 4.99.